The number of amides is 2. The van der Waals surface area contributed by atoms with Gasteiger partial charge < -0.3 is 19.3 Å². The number of carbonyl (C=O) groups excluding carboxylic acids is 3. The zero-order valence-electron chi connectivity index (χ0n) is 24.3. The first kappa shape index (κ1) is 29.9. The zero-order chi connectivity index (χ0) is 30.3. The highest BCUT2D eigenvalue weighted by Crippen LogP contribution is 2.50. The second kappa shape index (κ2) is 11.3. The van der Waals surface area contributed by atoms with Crippen molar-refractivity contribution in [2.45, 2.75) is 80.7 Å². The molecule has 3 aliphatic rings. The van der Waals surface area contributed by atoms with Gasteiger partial charge in [-0.25, -0.2) is 18.0 Å². The van der Waals surface area contributed by atoms with E-state index in [1.807, 2.05) is 37.3 Å². The minimum absolute atomic E-state index is 0.0507. The van der Waals surface area contributed by atoms with Gasteiger partial charge in [-0.05, 0) is 57.7 Å². The van der Waals surface area contributed by atoms with Gasteiger partial charge in [0.15, 0.2) is 9.84 Å². The third-order valence-corrected chi connectivity index (χ3v) is 11.0. The summed E-state index contributed by atoms with van der Waals surface area (Å²) in [6.07, 6.45) is 1.48. The molecular weight excluding hydrogens is 558 g/mol. The normalized spacial score (nSPS) is 29.3. The molecule has 2 heterocycles. The van der Waals surface area contributed by atoms with Gasteiger partial charge in [0.05, 0.1) is 16.8 Å². The molecule has 0 radical (unpaired) electrons. The van der Waals surface area contributed by atoms with Crippen LogP contribution in [0.1, 0.15) is 46.1 Å². The number of hydrogen-bond donors (Lipinski definition) is 0. The third-order valence-electron chi connectivity index (χ3n) is 8.68. The number of fused-ring (bicyclic) bond motifs is 1. The van der Waals surface area contributed by atoms with E-state index < -0.39 is 50.4 Å². The first-order chi connectivity index (χ1) is 19.9. The maximum Gasteiger partial charge on any atom is 0.410 e. The maximum absolute atomic E-state index is 14.3. The highest BCUT2D eigenvalue weighted by molar-refractivity contribution is 7.92. The fourth-order valence-electron chi connectivity index (χ4n) is 6.75. The second-order valence-electron chi connectivity index (χ2n) is 12.3. The quantitative estimate of drug-likeness (QED) is 0.351. The molecule has 0 spiro atoms. The van der Waals surface area contributed by atoms with E-state index in [1.54, 1.807) is 56.0 Å². The van der Waals surface area contributed by atoms with Gasteiger partial charge in [0.25, 0.3) is 11.6 Å². The standard InChI is InChI=1S/C31H37N3O7S/c1-21-24-17-26(33-16-15-31(28(33)36,32-20-35)40-19-22-11-7-5-8-12-22)27(42(38,39)23-13-9-6-10-14-23)25(24)18-34(21)29(37)41-30(2,3)4/h5-14,21,24-27H,15-19H2,1-4H3. The van der Waals surface area contributed by atoms with Gasteiger partial charge in [-0.15, -0.1) is 0 Å². The van der Waals surface area contributed by atoms with Crippen LogP contribution >= 0.6 is 0 Å². The Balaban J connectivity index is 1.47. The average molecular weight is 596 g/mol. The number of benzene rings is 2. The van der Waals surface area contributed by atoms with Gasteiger partial charge in [0, 0.05) is 37.5 Å². The molecule has 0 bridgehead atoms. The molecule has 42 heavy (non-hydrogen) atoms. The number of carbonyl (C=O) groups is 2. The Morgan fingerprint density at radius 3 is 2.33 bits per heavy atom. The van der Waals surface area contributed by atoms with Crippen molar-refractivity contribution in [2.24, 2.45) is 16.8 Å². The number of ether oxygens (including phenoxy) is 2. The fourth-order valence-corrected chi connectivity index (χ4v) is 9.02. The third kappa shape index (κ3) is 5.48. The van der Waals surface area contributed by atoms with Gasteiger partial charge in [0.1, 0.15) is 5.60 Å². The minimum atomic E-state index is -3.94. The largest absolute Gasteiger partial charge is 0.444 e. The number of aliphatic imine (C=N–C) groups is 1. The van der Waals surface area contributed by atoms with E-state index in [4.69, 9.17) is 9.47 Å². The van der Waals surface area contributed by atoms with E-state index >= 15 is 0 Å². The van der Waals surface area contributed by atoms with Crippen molar-refractivity contribution >= 4 is 27.9 Å². The van der Waals surface area contributed by atoms with Crippen molar-refractivity contribution in [2.75, 3.05) is 13.1 Å². The van der Waals surface area contributed by atoms with Crippen LogP contribution in [0.2, 0.25) is 0 Å². The first-order valence-electron chi connectivity index (χ1n) is 14.2. The summed E-state index contributed by atoms with van der Waals surface area (Å²) in [6, 6.07) is 16.4. The van der Waals surface area contributed by atoms with Crippen molar-refractivity contribution < 1.29 is 32.3 Å². The molecule has 2 aliphatic heterocycles. The van der Waals surface area contributed by atoms with Crippen LogP contribution in [0.15, 0.2) is 70.6 Å². The molecule has 224 valence electrons. The number of hydrogen-bond acceptors (Lipinski definition) is 8. The Bertz CT molecular complexity index is 1470. The fraction of sp³-hybridized carbons (Fsp3) is 0.516. The SMILES string of the molecule is CC1C2CC(N3CCC(N=C=O)(OCc4ccccc4)C3=O)C(S(=O)(=O)c3ccccc3)C2CN1C(=O)OC(C)(C)C. The summed E-state index contributed by atoms with van der Waals surface area (Å²) in [5.41, 5.74) is -1.67. The summed E-state index contributed by atoms with van der Waals surface area (Å²) in [7, 11) is -3.94. The molecule has 5 rings (SSSR count). The molecule has 2 aromatic rings. The van der Waals surface area contributed by atoms with Crippen LogP contribution in [0.25, 0.3) is 0 Å². The molecule has 1 aliphatic carbocycles. The van der Waals surface area contributed by atoms with Gasteiger partial charge in [0.2, 0.25) is 6.08 Å². The van der Waals surface area contributed by atoms with Crippen molar-refractivity contribution in [3.05, 3.63) is 66.2 Å². The predicted octanol–water partition coefficient (Wildman–Crippen LogP) is 3.95. The molecule has 6 atom stereocenters. The number of isocyanates is 1. The van der Waals surface area contributed by atoms with Crippen molar-refractivity contribution in [1.29, 1.82) is 0 Å². The lowest BCUT2D eigenvalue weighted by Gasteiger charge is -2.34. The summed E-state index contributed by atoms with van der Waals surface area (Å²) in [6.45, 7) is 7.69. The lowest BCUT2D eigenvalue weighted by atomic mass is 9.95. The smallest absolute Gasteiger partial charge is 0.410 e. The maximum atomic E-state index is 14.3. The van der Waals surface area contributed by atoms with Gasteiger partial charge in [-0.1, -0.05) is 48.5 Å². The number of rotatable bonds is 7. The molecule has 0 N–H and O–H groups in total. The topological polar surface area (TPSA) is 123 Å². The van der Waals surface area contributed by atoms with Crippen LogP contribution in [0.4, 0.5) is 4.79 Å². The summed E-state index contributed by atoms with van der Waals surface area (Å²) < 4.78 is 40.2. The lowest BCUT2D eigenvalue weighted by molar-refractivity contribution is -0.151. The van der Waals surface area contributed by atoms with Crippen LogP contribution in [0, 0.1) is 11.8 Å². The summed E-state index contributed by atoms with van der Waals surface area (Å²) in [5, 5.41) is -0.978. The van der Waals surface area contributed by atoms with E-state index in [0.29, 0.717) is 6.42 Å². The van der Waals surface area contributed by atoms with Crippen LogP contribution in [0.5, 0.6) is 0 Å². The number of nitrogens with zero attached hydrogens (tertiary/aromatic N) is 3. The van der Waals surface area contributed by atoms with Gasteiger partial charge in [-0.2, -0.15) is 4.99 Å². The predicted molar refractivity (Wildman–Crippen MR) is 154 cm³/mol. The molecular formula is C31H37N3O7S. The molecule has 6 unspecified atom stereocenters. The van der Waals surface area contributed by atoms with Crippen molar-refractivity contribution in [3.8, 4) is 0 Å². The molecule has 2 aromatic carbocycles. The number of sulfone groups is 1. The van der Waals surface area contributed by atoms with Crippen molar-refractivity contribution in [1.82, 2.24) is 9.80 Å². The summed E-state index contributed by atoms with van der Waals surface area (Å²) >= 11 is 0. The summed E-state index contributed by atoms with van der Waals surface area (Å²) in [4.78, 5) is 45.7. The van der Waals surface area contributed by atoms with Gasteiger partial charge >= 0.3 is 6.09 Å². The highest BCUT2D eigenvalue weighted by Gasteiger charge is 2.62. The van der Waals surface area contributed by atoms with E-state index in [9.17, 15) is 22.8 Å². The van der Waals surface area contributed by atoms with Crippen LogP contribution in [0.3, 0.4) is 0 Å². The van der Waals surface area contributed by atoms with E-state index in [-0.39, 0.29) is 43.0 Å². The minimum Gasteiger partial charge on any atom is -0.444 e. The molecule has 11 heteroatoms. The Morgan fingerprint density at radius 1 is 1.07 bits per heavy atom. The Kier molecular flexibility index (Phi) is 8.04. The van der Waals surface area contributed by atoms with E-state index in [2.05, 4.69) is 4.99 Å². The lowest BCUT2D eigenvalue weighted by Crippen LogP contribution is -2.51. The summed E-state index contributed by atoms with van der Waals surface area (Å²) in [5.74, 6) is -1.16. The van der Waals surface area contributed by atoms with Crippen LogP contribution in [-0.2, 0) is 35.5 Å². The Hall–Kier alpha value is -3.53. The van der Waals surface area contributed by atoms with Crippen molar-refractivity contribution in [3.63, 3.8) is 0 Å². The second-order valence-corrected chi connectivity index (χ2v) is 14.4. The molecule has 0 aromatic heterocycles. The molecule has 3 fully saturated rings. The van der Waals surface area contributed by atoms with E-state index in [0.717, 1.165) is 5.56 Å². The monoisotopic (exact) mass is 595 g/mol. The van der Waals surface area contributed by atoms with E-state index in [1.165, 1.54) is 11.0 Å². The van der Waals surface area contributed by atoms with Gasteiger partial charge in [-0.3, -0.25) is 4.79 Å². The molecule has 2 saturated heterocycles. The van der Waals surface area contributed by atoms with Crippen LogP contribution in [-0.4, -0.2) is 78.0 Å². The average Bonchev–Trinajstić information content (AvgIpc) is 3.58. The number of likely N-dealkylation sites (tertiary alicyclic amines) is 2. The zero-order valence-corrected chi connectivity index (χ0v) is 25.1. The van der Waals surface area contributed by atoms with Crippen LogP contribution < -0.4 is 0 Å². The molecule has 2 amide bonds. The highest BCUT2D eigenvalue weighted by atomic mass is 32.2. The molecule has 10 nitrogen and oxygen atoms in total. The first-order valence-corrected chi connectivity index (χ1v) is 15.8. The Labute approximate surface area is 246 Å². The molecule has 1 saturated carbocycles. The Morgan fingerprint density at radius 2 is 1.71 bits per heavy atom.